The van der Waals surface area contributed by atoms with Crippen molar-refractivity contribution in [1.29, 1.82) is 0 Å². The topological polar surface area (TPSA) is 84.4 Å². The molecule has 4 fully saturated rings. The summed E-state index contributed by atoms with van der Waals surface area (Å²) in [6.07, 6.45) is 6.03. The lowest BCUT2D eigenvalue weighted by Crippen LogP contribution is -2.31. The van der Waals surface area contributed by atoms with E-state index in [2.05, 4.69) is 77.8 Å². The molecule has 0 aromatic heterocycles. The monoisotopic (exact) mass is 656 g/mol. The second-order valence-corrected chi connectivity index (χ2v) is 14.8. The van der Waals surface area contributed by atoms with Crippen LogP contribution >= 0.6 is 23.7 Å². The third kappa shape index (κ3) is 11.7. The SMILES string of the molecule is C=Nc1ccc(SN(CCCNC=O)CC(C)C)cc1SCNC1CC1.COC1C2COC3OCC1C3C2.Cc1ccccc1. The van der Waals surface area contributed by atoms with Crippen molar-refractivity contribution in [3.05, 3.63) is 54.1 Å². The first kappa shape index (κ1) is 35.9. The van der Waals surface area contributed by atoms with Gasteiger partial charge in [0.15, 0.2) is 6.29 Å². The van der Waals surface area contributed by atoms with E-state index in [-0.39, 0.29) is 6.29 Å². The Labute approximate surface area is 279 Å². The molecule has 0 radical (unpaired) electrons. The summed E-state index contributed by atoms with van der Waals surface area (Å²) in [6.45, 7) is 14.6. The van der Waals surface area contributed by atoms with Crippen LogP contribution in [0.2, 0.25) is 0 Å². The maximum Gasteiger partial charge on any atom is 0.207 e. The Balaban J connectivity index is 0.000000195. The van der Waals surface area contributed by atoms with Gasteiger partial charge < -0.3 is 24.8 Å². The van der Waals surface area contributed by atoms with Crippen LogP contribution in [0.4, 0.5) is 5.69 Å². The molecule has 2 bridgehead atoms. The maximum absolute atomic E-state index is 10.4. The number of hydrogen-bond donors (Lipinski definition) is 2. The minimum atomic E-state index is 0.0893. The molecule has 2 N–H and O–H groups in total. The molecule has 45 heavy (non-hydrogen) atoms. The predicted molar refractivity (Wildman–Crippen MR) is 186 cm³/mol. The number of rotatable bonds is 15. The zero-order chi connectivity index (χ0) is 32.0. The number of amides is 1. The van der Waals surface area contributed by atoms with E-state index in [1.54, 1.807) is 30.8 Å². The number of benzene rings is 2. The summed E-state index contributed by atoms with van der Waals surface area (Å²) < 4.78 is 19.0. The molecule has 4 aliphatic rings. The van der Waals surface area contributed by atoms with Crippen molar-refractivity contribution >= 4 is 42.5 Å². The van der Waals surface area contributed by atoms with Crippen molar-refractivity contribution in [3.63, 3.8) is 0 Å². The lowest BCUT2D eigenvalue weighted by Gasteiger charge is -2.27. The summed E-state index contributed by atoms with van der Waals surface area (Å²) in [4.78, 5) is 16.9. The molecule has 5 atom stereocenters. The highest BCUT2D eigenvalue weighted by atomic mass is 32.2. The van der Waals surface area contributed by atoms with Gasteiger partial charge in [-0.15, -0.1) is 11.8 Å². The normalized spacial score (nSPS) is 24.4. The fourth-order valence-electron chi connectivity index (χ4n) is 6.04. The quantitative estimate of drug-likeness (QED) is 0.0558. The van der Waals surface area contributed by atoms with Gasteiger partial charge in [0.05, 0.1) is 25.0 Å². The Morgan fingerprint density at radius 2 is 1.91 bits per heavy atom. The summed E-state index contributed by atoms with van der Waals surface area (Å²) in [6, 6.07) is 17.4. The highest BCUT2D eigenvalue weighted by Crippen LogP contribution is 2.49. The number of hydrogen-bond acceptors (Lipinski definition) is 9. The molecule has 2 saturated heterocycles. The Morgan fingerprint density at radius 1 is 1.13 bits per heavy atom. The number of nitrogens with one attached hydrogen (secondary N) is 2. The summed E-state index contributed by atoms with van der Waals surface area (Å²) in [5.74, 6) is 3.35. The Kier molecular flexibility index (Phi) is 15.2. The van der Waals surface area contributed by atoms with Gasteiger partial charge >= 0.3 is 0 Å². The Morgan fingerprint density at radius 3 is 2.56 bits per heavy atom. The lowest BCUT2D eigenvalue weighted by molar-refractivity contribution is -0.170. The molecule has 5 unspecified atom stereocenters. The molecule has 10 heteroatoms. The molecular formula is C35H52N4O4S2. The van der Waals surface area contributed by atoms with Gasteiger partial charge in [0.2, 0.25) is 6.41 Å². The van der Waals surface area contributed by atoms with Gasteiger partial charge in [-0.25, -0.2) is 4.31 Å². The number of aliphatic imine (C=N–C) groups is 1. The van der Waals surface area contributed by atoms with E-state index in [4.69, 9.17) is 14.2 Å². The van der Waals surface area contributed by atoms with Gasteiger partial charge in [-0.2, -0.15) is 0 Å². The average Bonchev–Trinajstić information content (AvgIpc) is 3.69. The number of nitrogens with zero attached hydrogens (tertiary/aromatic N) is 2. The van der Waals surface area contributed by atoms with E-state index in [1.807, 2.05) is 18.2 Å². The van der Waals surface area contributed by atoms with Crippen molar-refractivity contribution in [2.24, 2.45) is 28.7 Å². The first-order valence-electron chi connectivity index (χ1n) is 16.3. The first-order valence-corrected chi connectivity index (χ1v) is 18.0. The third-order valence-electron chi connectivity index (χ3n) is 8.40. The van der Waals surface area contributed by atoms with Crippen molar-refractivity contribution in [2.45, 2.75) is 74.7 Å². The molecule has 2 aromatic carbocycles. The van der Waals surface area contributed by atoms with Crippen molar-refractivity contribution in [2.75, 3.05) is 45.8 Å². The van der Waals surface area contributed by atoms with Gasteiger partial charge in [-0.1, -0.05) is 49.7 Å². The second kappa shape index (κ2) is 19.0. The maximum atomic E-state index is 10.4. The number of fused-ring (bicyclic) bond motifs is 1. The highest BCUT2D eigenvalue weighted by molar-refractivity contribution is 7.99. The molecule has 8 nitrogen and oxygen atoms in total. The van der Waals surface area contributed by atoms with E-state index in [1.165, 1.54) is 34.6 Å². The lowest BCUT2D eigenvalue weighted by atomic mass is 9.98. The van der Waals surface area contributed by atoms with E-state index < -0.39 is 0 Å². The van der Waals surface area contributed by atoms with Crippen LogP contribution in [-0.2, 0) is 19.0 Å². The minimum Gasteiger partial charge on any atom is -0.381 e. The number of methoxy groups -OCH3 is 1. The smallest absolute Gasteiger partial charge is 0.207 e. The fraction of sp³-hybridized carbons (Fsp3) is 0.600. The van der Waals surface area contributed by atoms with Crippen LogP contribution in [0.1, 0.15) is 45.1 Å². The van der Waals surface area contributed by atoms with Crippen molar-refractivity contribution in [1.82, 2.24) is 14.9 Å². The summed E-state index contributed by atoms with van der Waals surface area (Å²) >= 11 is 3.58. The molecule has 248 valence electrons. The van der Waals surface area contributed by atoms with Gasteiger partial charge in [0.25, 0.3) is 0 Å². The predicted octanol–water partition coefficient (Wildman–Crippen LogP) is 6.56. The van der Waals surface area contributed by atoms with Crippen molar-refractivity contribution in [3.8, 4) is 0 Å². The van der Waals surface area contributed by atoms with Gasteiger partial charge in [0, 0.05) is 66.2 Å². The number of aryl methyl sites for hydroxylation is 1. The van der Waals surface area contributed by atoms with Crippen LogP contribution in [0.15, 0.2) is 63.3 Å². The highest BCUT2D eigenvalue weighted by Gasteiger charge is 2.54. The molecule has 6 rings (SSSR count). The van der Waals surface area contributed by atoms with Crippen LogP contribution in [-0.4, -0.2) is 81.7 Å². The van der Waals surface area contributed by atoms with E-state index in [0.717, 1.165) is 50.7 Å². The zero-order valence-corrected chi connectivity index (χ0v) is 29.0. The van der Waals surface area contributed by atoms with Crippen molar-refractivity contribution < 1.29 is 19.0 Å². The molecule has 2 aliphatic carbocycles. The molecule has 2 heterocycles. The van der Waals surface area contributed by atoms with E-state index >= 15 is 0 Å². The van der Waals surface area contributed by atoms with Gasteiger partial charge in [0.1, 0.15) is 0 Å². The van der Waals surface area contributed by atoms with E-state index in [9.17, 15) is 4.79 Å². The molecule has 0 spiro atoms. The Bertz CT molecular complexity index is 1170. The van der Waals surface area contributed by atoms with Crippen LogP contribution in [0.25, 0.3) is 0 Å². The largest absolute Gasteiger partial charge is 0.381 e. The Hall–Kier alpha value is -1.92. The zero-order valence-electron chi connectivity index (χ0n) is 27.4. The average molecular weight is 657 g/mol. The molecule has 2 aromatic rings. The summed E-state index contributed by atoms with van der Waals surface area (Å²) in [7, 11) is 1.80. The number of thioether (sulfide) groups is 1. The number of carbonyl (C=O) groups excluding carboxylic acids is 1. The summed E-state index contributed by atoms with van der Waals surface area (Å²) in [5, 5.41) is 6.27. The third-order valence-corrected chi connectivity index (χ3v) is 10.4. The number of carbonyl (C=O) groups is 1. The standard InChI is InChI=1S/C19H30N4OS2.C9H14O3.C7H8/c1-15(2)12-23(10-4-9-21-13-24)26-17-7-8-18(20-3)19(11-17)25-14-22-16-5-6-16;1-10-8-5-2-6-7(8)4-12-9(6)11-3-5;1-7-5-3-2-4-6-7/h7-8,11,13,15-16,22H,3-6,9-10,12,14H2,1-2H3,(H,21,24);5-9H,2-4H2,1H3;2-6H,1H3. The molecule has 1 amide bonds. The van der Waals surface area contributed by atoms with Gasteiger partial charge in [-0.3, -0.25) is 9.79 Å². The van der Waals surface area contributed by atoms with Crippen LogP contribution in [0.5, 0.6) is 0 Å². The van der Waals surface area contributed by atoms with Crippen LogP contribution < -0.4 is 10.6 Å². The molecule has 2 aliphatic heterocycles. The fourth-order valence-corrected chi connectivity index (χ4v) is 8.27. The van der Waals surface area contributed by atoms with Crippen LogP contribution in [0, 0.1) is 30.6 Å². The molecule has 2 saturated carbocycles. The summed E-state index contributed by atoms with van der Waals surface area (Å²) in [5.41, 5.74) is 2.27. The first-order chi connectivity index (χ1) is 21.9. The second-order valence-electron chi connectivity index (χ2n) is 12.6. The molecular weight excluding hydrogens is 605 g/mol. The minimum absolute atomic E-state index is 0.0893. The number of ether oxygens (including phenoxy) is 3. The van der Waals surface area contributed by atoms with Gasteiger partial charge in [-0.05, 0) is 75.4 Å². The van der Waals surface area contributed by atoms with Crippen LogP contribution in [0.3, 0.4) is 0 Å². The van der Waals surface area contributed by atoms with E-state index in [0.29, 0.717) is 42.4 Å².